The number of aromatic nitrogens is 3. The fraction of sp³-hybridized carbons (Fsp3) is 0.118. The van der Waals surface area contributed by atoms with Crippen LogP contribution in [0.3, 0.4) is 0 Å². The van der Waals surface area contributed by atoms with E-state index in [4.69, 9.17) is 4.74 Å². The van der Waals surface area contributed by atoms with Gasteiger partial charge in [-0.3, -0.25) is 0 Å². The van der Waals surface area contributed by atoms with E-state index in [0.717, 1.165) is 5.56 Å². The first-order chi connectivity index (χ1) is 11.2. The van der Waals surface area contributed by atoms with Crippen molar-refractivity contribution < 1.29 is 13.9 Å². The summed E-state index contributed by atoms with van der Waals surface area (Å²) in [6, 6.07) is 13.9. The van der Waals surface area contributed by atoms with Gasteiger partial charge in [0.25, 0.3) is 0 Å². The molecule has 0 saturated heterocycles. The summed E-state index contributed by atoms with van der Waals surface area (Å²) in [4.78, 5) is 11.8. The number of hydrogen-bond acceptors (Lipinski definition) is 4. The fourth-order valence-corrected chi connectivity index (χ4v) is 2.29. The van der Waals surface area contributed by atoms with Crippen LogP contribution in [0.5, 0.6) is 0 Å². The number of ether oxygens (including phenoxy) is 1. The van der Waals surface area contributed by atoms with E-state index in [9.17, 15) is 9.18 Å². The Morgan fingerprint density at radius 2 is 1.91 bits per heavy atom. The highest BCUT2D eigenvalue weighted by molar-refractivity contribution is 5.94. The smallest absolute Gasteiger partial charge is 0.361 e. The number of nitrogens with zero attached hydrogens (tertiary/aromatic N) is 2. The van der Waals surface area contributed by atoms with Gasteiger partial charge in [-0.15, -0.1) is 5.10 Å². The Hall–Kier alpha value is -3.02. The average molecular weight is 311 g/mol. The van der Waals surface area contributed by atoms with Gasteiger partial charge < -0.3 is 4.74 Å². The van der Waals surface area contributed by atoms with Crippen molar-refractivity contribution in [2.75, 3.05) is 6.61 Å². The maximum atomic E-state index is 14.4. The van der Waals surface area contributed by atoms with E-state index in [1.165, 1.54) is 6.07 Å². The molecule has 0 saturated carbocycles. The summed E-state index contributed by atoms with van der Waals surface area (Å²) >= 11 is 0. The summed E-state index contributed by atoms with van der Waals surface area (Å²) in [6.07, 6.45) is 0. The molecule has 3 aromatic rings. The van der Waals surface area contributed by atoms with E-state index >= 15 is 0 Å². The molecule has 116 valence electrons. The van der Waals surface area contributed by atoms with E-state index in [0.29, 0.717) is 11.1 Å². The number of carbonyl (C=O) groups excluding carboxylic acids is 1. The Morgan fingerprint density at radius 3 is 2.61 bits per heavy atom. The average Bonchev–Trinajstić information content (AvgIpc) is 3.05. The van der Waals surface area contributed by atoms with Gasteiger partial charge in [-0.2, -0.15) is 10.3 Å². The SMILES string of the molecule is CCOC(=O)c1n[nH]nc1-c1ccc(-c2ccccc2)c(F)c1. The van der Waals surface area contributed by atoms with Gasteiger partial charge >= 0.3 is 5.97 Å². The molecule has 23 heavy (non-hydrogen) atoms. The Labute approximate surface area is 132 Å². The van der Waals surface area contributed by atoms with Gasteiger partial charge in [0, 0.05) is 11.1 Å². The summed E-state index contributed by atoms with van der Waals surface area (Å²) in [6.45, 7) is 1.93. The third-order valence-electron chi connectivity index (χ3n) is 3.34. The van der Waals surface area contributed by atoms with Crippen LogP contribution in [0.1, 0.15) is 17.4 Å². The van der Waals surface area contributed by atoms with Crippen molar-refractivity contribution in [3.05, 3.63) is 60.0 Å². The van der Waals surface area contributed by atoms with Gasteiger partial charge in [-0.25, -0.2) is 9.18 Å². The number of carbonyl (C=O) groups is 1. The first kappa shape index (κ1) is 14.9. The minimum Gasteiger partial charge on any atom is -0.461 e. The molecule has 0 radical (unpaired) electrons. The topological polar surface area (TPSA) is 67.9 Å². The molecule has 0 spiro atoms. The number of esters is 1. The summed E-state index contributed by atoms with van der Waals surface area (Å²) in [5, 5.41) is 10.1. The quantitative estimate of drug-likeness (QED) is 0.749. The van der Waals surface area contributed by atoms with Crippen LogP contribution in [0.25, 0.3) is 22.4 Å². The maximum absolute atomic E-state index is 14.4. The van der Waals surface area contributed by atoms with Crippen molar-refractivity contribution in [2.24, 2.45) is 0 Å². The molecule has 0 unspecified atom stereocenters. The number of benzene rings is 2. The normalized spacial score (nSPS) is 10.5. The molecular weight excluding hydrogens is 297 g/mol. The molecule has 0 aliphatic rings. The lowest BCUT2D eigenvalue weighted by molar-refractivity contribution is 0.0520. The number of H-pyrrole nitrogens is 1. The van der Waals surface area contributed by atoms with Crippen LogP contribution < -0.4 is 0 Å². The second-order valence-electron chi connectivity index (χ2n) is 4.80. The Bertz CT molecular complexity index is 831. The zero-order valence-electron chi connectivity index (χ0n) is 12.4. The molecule has 1 N–H and O–H groups in total. The summed E-state index contributed by atoms with van der Waals surface area (Å²) in [7, 11) is 0. The van der Waals surface area contributed by atoms with E-state index in [2.05, 4.69) is 15.4 Å². The van der Waals surface area contributed by atoms with E-state index < -0.39 is 11.8 Å². The second kappa shape index (κ2) is 6.39. The lowest BCUT2D eigenvalue weighted by Gasteiger charge is -2.06. The molecule has 0 aliphatic heterocycles. The second-order valence-corrected chi connectivity index (χ2v) is 4.80. The van der Waals surface area contributed by atoms with Crippen molar-refractivity contribution in [1.82, 2.24) is 15.4 Å². The molecule has 3 rings (SSSR count). The first-order valence-electron chi connectivity index (χ1n) is 7.14. The van der Waals surface area contributed by atoms with Crippen LogP contribution in [0, 0.1) is 5.82 Å². The first-order valence-corrected chi connectivity index (χ1v) is 7.14. The van der Waals surface area contributed by atoms with E-state index in [-0.39, 0.29) is 18.0 Å². The van der Waals surface area contributed by atoms with Crippen molar-refractivity contribution >= 4 is 5.97 Å². The van der Waals surface area contributed by atoms with Gasteiger partial charge in [-0.1, -0.05) is 42.5 Å². The highest BCUT2D eigenvalue weighted by atomic mass is 19.1. The largest absolute Gasteiger partial charge is 0.461 e. The Kier molecular flexibility index (Phi) is 4.14. The van der Waals surface area contributed by atoms with Crippen molar-refractivity contribution in [2.45, 2.75) is 6.92 Å². The zero-order valence-corrected chi connectivity index (χ0v) is 12.4. The minimum atomic E-state index is -0.594. The summed E-state index contributed by atoms with van der Waals surface area (Å²) < 4.78 is 19.4. The lowest BCUT2D eigenvalue weighted by Crippen LogP contribution is -2.06. The molecule has 6 heteroatoms. The molecule has 0 bridgehead atoms. The zero-order chi connectivity index (χ0) is 16.2. The monoisotopic (exact) mass is 311 g/mol. The number of halogens is 1. The van der Waals surface area contributed by atoms with E-state index in [1.54, 1.807) is 19.1 Å². The highest BCUT2D eigenvalue weighted by Crippen LogP contribution is 2.28. The maximum Gasteiger partial charge on any atom is 0.361 e. The lowest BCUT2D eigenvalue weighted by atomic mass is 10.0. The van der Waals surface area contributed by atoms with Crippen molar-refractivity contribution in [3.63, 3.8) is 0 Å². The fourth-order valence-electron chi connectivity index (χ4n) is 2.29. The van der Waals surface area contributed by atoms with Gasteiger partial charge in [0.15, 0.2) is 5.69 Å². The highest BCUT2D eigenvalue weighted by Gasteiger charge is 2.20. The van der Waals surface area contributed by atoms with Gasteiger partial charge in [-0.05, 0) is 18.6 Å². The molecule has 2 aromatic carbocycles. The van der Waals surface area contributed by atoms with Crippen LogP contribution in [-0.2, 0) is 4.74 Å². The molecule has 0 atom stereocenters. The third kappa shape index (κ3) is 2.96. The molecule has 1 aromatic heterocycles. The number of rotatable bonds is 4. The molecule has 1 heterocycles. The van der Waals surface area contributed by atoms with Gasteiger partial charge in [0.1, 0.15) is 11.5 Å². The minimum absolute atomic E-state index is 0.0405. The Morgan fingerprint density at radius 1 is 1.13 bits per heavy atom. The van der Waals surface area contributed by atoms with E-state index in [1.807, 2.05) is 30.3 Å². The third-order valence-corrected chi connectivity index (χ3v) is 3.34. The van der Waals surface area contributed by atoms with Gasteiger partial charge in [0.05, 0.1) is 6.61 Å². The van der Waals surface area contributed by atoms with Crippen LogP contribution in [0.2, 0.25) is 0 Å². The van der Waals surface area contributed by atoms with Crippen molar-refractivity contribution in [3.8, 4) is 22.4 Å². The molecular formula is C17H14FN3O2. The molecule has 0 fully saturated rings. The molecule has 0 amide bonds. The molecule has 0 aliphatic carbocycles. The van der Waals surface area contributed by atoms with Crippen LogP contribution in [-0.4, -0.2) is 28.0 Å². The molecule has 5 nitrogen and oxygen atoms in total. The predicted octanol–water partition coefficient (Wildman–Crippen LogP) is 3.45. The number of aromatic amines is 1. The summed E-state index contributed by atoms with van der Waals surface area (Å²) in [5.41, 5.74) is 2.03. The Balaban J connectivity index is 1.99. The number of hydrogen-bond donors (Lipinski definition) is 1. The van der Waals surface area contributed by atoms with Crippen LogP contribution >= 0.6 is 0 Å². The summed E-state index contributed by atoms with van der Waals surface area (Å²) in [5.74, 6) is -0.990. The van der Waals surface area contributed by atoms with Crippen LogP contribution in [0.15, 0.2) is 48.5 Å². The standard InChI is InChI=1S/C17H14FN3O2/c1-2-23-17(22)16-15(19-21-20-16)12-8-9-13(14(18)10-12)11-6-4-3-5-7-11/h3-10H,2H2,1H3,(H,19,20,21). The number of nitrogens with one attached hydrogen (secondary N) is 1. The van der Waals surface area contributed by atoms with Crippen LogP contribution in [0.4, 0.5) is 4.39 Å². The van der Waals surface area contributed by atoms with Crippen molar-refractivity contribution in [1.29, 1.82) is 0 Å². The predicted molar refractivity (Wildman–Crippen MR) is 83.2 cm³/mol. The van der Waals surface area contributed by atoms with Gasteiger partial charge in [0.2, 0.25) is 0 Å².